The fourth-order valence-corrected chi connectivity index (χ4v) is 3.67. The zero-order chi connectivity index (χ0) is 17.6. The first-order valence-electron chi connectivity index (χ1n) is 8.73. The monoisotopic (exact) mass is 336 g/mol. The Hall–Kier alpha value is -2.62. The first-order chi connectivity index (χ1) is 12.0. The lowest BCUT2D eigenvalue weighted by atomic mass is 10.1. The Morgan fingerprint density at radius 1 is 1.20 bits per heavy atom. The molecule has 1 aliphatic rings. The molecule has 0 unspecified atom stereocenters. The van der Waals surface area contributed by atoms with E-state index in [4.69, 9.17) is 0 Å². The molecule has 0 bridgehead atoms. The van der Waals surface area contributed by atoms with Crippen molar-refractivity contribution in [1.82, 2.24) is 4.57 Å². The molecule has 0 fully saturated rings. The van der Waals surface area contributed by atoms with Crippen LogP contribution in [-0.2, 0) is 13.0 Å². The molecular weight excluding hydrogens is 315 g/mol. The van der Waals surface area contributed by atoms with Crippen LogP contribution in [0.1, 0.15) is 29.8 Å². The van der Waals surface area contributed by atoms with Gasteiger partial charge >= 0.3 is 0 Å². The van der Waals surface area contributed by atoms with E-state index in [0.29, 0.717) is 23.7 Å². The average Bonchev–Trinajstić information content (AvgIpc) is 3.16. The Kier molecular flexibility index (Phi) is 3.83. The highest BCUT2D eigenvalue weighted by molar-refractivity contribution is 6.14. The summed E-state index contributed by atoms with van der Waals surface area (Å²) in [6.45, 7) is 5.78. The van der Waals surface area contributed by atoms with Crippen LogP contribution in [0.4, 0.5) is 10.1 Å². The number of nitrogens with zero attached hydrogens (tertiary/aromatic N) is 2. The van der Waals surface area contributed by atoms with Crippen molar-refractivity contribution in [2.24, 2.45) is 5.92 Å². The molecule has 0 spiro atoms. The van der Waals surface area contributed by atoms with Gasteiger partial charge in [0.15, 0.2) is 0 Å². The van der Waals surface area contributed by atoms with E-state index in [1.165, 1.54) is 12.1 Å². The molecule has 0 saturated heterocycles. The van der Waals surface area contributed by atoms with Crippen LogP contribution in [0.25, 0.3) is 10.9 Å². The quantitative estimate of drug-likeness (QED) is 0.684. The second kappa shape index (κ2) is 6.03. The van der Waals surface area contributed by atoms with Crippen LogP contribution in [0.3, 0.4) is 0 Å². The van der Waals surface area contributed by atoms with E-state index in [1.807, 2.05) is 30.5 Å². The van der Waals surface area contributed by atoms with Crippen LogP contribution in [-0.4, -0.2) is 17.0 Å². The highest BCUT2D eigenvalue weighted by Crippen LogP contribution is 2.32. The Morgan fingerprint density at radius 2 is 2.00 bits per heavy atom. The van der Waals surface area contributed by atoms with Gasteiger partial charge in [0, 0.05) is 30.2 Å². The minimum atomic E-state index is -0.305. The van der Waals surface area contributed by atoms with Crippen molar-refractivity contribution >= 4 is 22.5 Å². The number of hydrogen-bond acceptors (Lipinski definition) is 1. The molecule has 3 nitrogen and oxygen atoms in total. The molecule has 128 valence electrons. The normalized spacial score (nSPS) is 13.7. The summed E-state index contributed by atoms with van der Waals surface area (Å²) in [6, 6.07) is 12.7. The van der Waals surface area contributed by atoms with E-state index in [9.17, 15) is 9.18 Å². The molecule has 4 rings (SSSR count). The zero-order valence-corrected chi connectivity index (χ0v) is 14.5. The smallest absolute Gasteiger partial charge is 0.260 e. The molecule has 1 amide bonds. The van der Waals surface area contributed by atoms with Crippen molar-refractivity contribution in [2.45, 2.75) is 26.8 Å². The Labute approximate surface area is 146 Å². The van der Waals surface area contributed by atoms with Crippen molar-refractivity contribution in [3.8, 4) is 0 Å². The first-order valence-corrected chi connectivity index (χ1v) is 8.73. The van der Waals surface area contributed by atoms with Gasteiger partial charge in [0.05, 0.1) is 11.3 Å². The lowest BCUT2D eigenvalue weighted by Crippen LogP contribution is -2.28. The predicted octanol–water partition coefficient (Wildman–Crippen LogP) is 4.64. The summed E-state index contributed by atoms with van der Waals surface area (Å²) in [7, 11) is 0. The SMILES string of the molecule is CC(C)Cn1cc(C(=O)N2CCc3ccc(F)cc32)c2ccccc21. The largest absolute Gasteiger partial charge is 0.346 e. The molecule has 0 radical (unpaired) electrons. The predicted molar refractivity (Wildman–Crippen MR) is 98.6 cm³/mol. The molecule has 25 heavy (non-hydrogen) atoms. The number of carbonyl (C=O) groups is 1. The molecule has 3 aromatic rings. The van der Waals surface area contributed by atoms with E-state index < -0.39 is 0 Å². The summed E-state index contributed by atoms with van der Waals surface area (Å²) in [5.74, 6) is 0.129. The maximum Gasteiger partial charge on any atom is 0.260 e. The van der Waals surface area contributed by atoms with Gasteiger partial charge in [0.25, 0.3) is 5.91 Å². The third kappa shape index (κ3) is 2.72. The van der Waals surface area contributed by atoms with Gasteiger partial charge in [-0.2, -0.15) is 0 Å². The van der Waals surface area contributed by atoms with Crippen LogP contribution in [0.5, 0.6) is 0 Å². The Morgan fingerprint density at radius 3 is 2.80 bits per heavy atom. The van der Waals surface area contributed by atoms with Crippen LogP contribution in [0.2, 0.25) is 0 Å². The topological polar surface area (TPSA) is 25.2 Å². The number of amides is 1. The summed E-state index contributed by atoms with van der Waals surface area (Å²) in [6.07, 6.45) is 2.72. The summed E-state index contributed by atoms with van der Waals surface area (Å²) >= 11 is 0. The van der Waals surface area contributed by atoms with E-state index >= 15 is 0 Å². The molecule has 1 aromatic heterocycles. The van der Waals surface area contributed by atoms with Crippen LogP contribution in [0.15, 0.2) is 48.7 Å². The van der Waals surface area contributed by atoms with E-state index in [-0.39, 0.29) is 11.7 Å². The molecule has 4 heteroatoms. The zero-order valence-electron chi connectivity index (χ0n) is 14.5. The summed E-state index contributed by atoms with van der Waals surface area (Å²) in [5, 5.41) is 0.956. The van der Waals surface area contributed by atoms with Gasteiger partial charge in [0.1, 0.15) is 5.82 Å². The second-order valence-corrected chi connectivity index (χ2v) is 7.09. The van der Waals surface area contributed by atoms with Crippen LogP contribution >= 0.6 is 0 Å². The lowest BCUT2D eigenvalue weighted by Gasteiger charge is -2.17. The fourth-order valence-electron chi connectivity index (χ4n) is 3.67. The Balaban J connectivity index is 1.78. The van der Waals surface area contributed by atoms with Gasteiger partial charge < -0.3 is 9.47 Å². The van der Waals surface area contributed by atoms with Crippen molar-refractivity contribution in [2.75, 3.05) is 11.4 Å². The molecule has 0 aliphatic carbocycles. The number of anilines is 1. The number of aromatic nitrogens is 1. The molecule has 0 atom stereocenters. The average molecular weight is 336 g/mol. The molecule has 0 saturated carbocycles. The fraction of sp³-hybridized carbons (Fsp3) is 0.286. The number of carbonyl (C=O) groups excluding carboxylic acids is 1. The number of rotatable bonds is 3. The minimum Gasteiger partial charge on any atom is -0.346 e. The summed E-state index contributed by atoms with van der Waals surface area (Å²) < 4.78 is 15.8. The molecule has 1 aliphatic heterocycles. The van der Waals surface area contributed by atoms with E-state index in [1.54, 1.807) is 11.0 Å². The highest BCUT2D eigenvalue weighted by atomic mass is 19.1. The number of para-hydroxylation sites is 1. The lowest BCUT2D eigenvalue weighted by molar-refractivity contribution is 0.0990. The summed E-state index contributed by atoms with van der Waals surface area (Å²) in [4.78, 5) is 14.9. The second-order valence-electron chi connectivity index (χ2n) is 7.09. The van der Waals surface area contributed by atoms with Gasteiger partial charge in [-0.05, 0) is 36.1 Å². The maximum absolute atomic E-state index is 13.7. The van der Waals surface area contributed by atoms with Gasteiger partial charge in [-0.3, -0.25) is 4.79 Å². The number of hydrogen-bond donors (Lipinski definition) is 0. The minimum absolute atomic E-state index is 0.0527. The third-order valence-electron chi connectivity index (χ3n) is 4.77. The highest BCUT2D eigenvalue weighted by Gasteiger charge is 2.28. The van der Waals surface area contributed by atoms with Gasteiger partial charge in [-0.15, -0.1) is 0 Å². The van der Waals surface area contributed by atoms with E-state index in [2.05, 4.69) is 18.4 Å². The molecule has 0 N–H and O–H groups in total. The van der Waals surface area contributed by atoms with Gasteiger partial charge in [-0.25, -0.2) is 4.39 Å². The van der Waals surface area contributed by atoms with Crippen molar-refractivity contribution < 1.29 is 9.18 Å². The molecule has 2 aromatic carbocycles. The van der Waals surface area contributed by atoms with Gasteiger partial charge in [0.2, 0.25) is 0 Å². The first kappa shape index (κ1) is 15.9. The number of fused-ring (bicyclic) bond motifs is 2. The van der Waals surface area contributed by atoms with Crippen LogP contribution < -0.4 is 4.90 Å². The van der Waals surface area contributed by atoms with E-state index in [0.717, 1.165) is 29.4 Å². The van der Waals surface area contributed by atoms with Crippen molar-refractivity contribution in [3.05, 3.63) is 65.6 Å². The summed E-state index contributed by atoms with van der Waals surface area (Å²) in [5.41, 5.74) is 3.48. The molecular formula is C21H21FN2O. The third-order valence-corrected chi connectivity index (χ3v) is 4.77. The van der Waals surface area contributed by atoms with Gasteiger partial charge in [-0.1, -0.05) is 38.1 Å². The number of halogens is 1. The maximum atomic E-state index is 13.7. The standard InChI is InChI=1S/C21H21FN2O/c1-14(2)12-23-13-18(17-5-3-4-6-19(17)23)21(25)24-10-9-15-7-8-16(22)11-20(15)24/h3-8,11,13-14H,9-10,12H2,1-2H3. The number of benzene rings is 2. The molecule has 2 heterocycles. The Bertz CT molecular complexity index is 958. The van der Waals surface area contributed by atoms with Crippen LogP contribution in [0, 0.1) is 11.7 Å². The van der Waals surface area contributed by atoms with Crippen molar-refractivity contribution in [3.63, 3.8) is 0 Å². The van der Waals surface area contributed by atoms with Crippen molar-refractivity contribution in [1.29, 1.82) is 0 Å².